The van der Waals surface area contributed by atoms with Crippen molar-refractivity contribution in [2.45, 2.75) is 70.0 Å². The second-order valence-electron chi connectivity index (χ2n) is 7.35. The van der Waals surface area contributed by atoms with E-state index in [1.54, 1.807) is 0 Å². The van der Waals surface area contributed by atoms with E-state index in [0.29, 0.717) is 0 Å². The minimum Gasteiger partial charge on any atom is -0.314 e. The fourth-order valence-electron chi connectivity index (χ4n) is 4.73. The Kier molecular flexibility index (Phi) is 5.00. The fourth-order valence-corrected chi connectivity index (χ4v) is 4.73. The van der Waals surface area contributed by atoms with Gasteiger partial charge in [-0.3, -0.25) is 4.90 Å². The van der Waals surface area contributed by atoms with Gasteiger partial charge < -0.3 is 10.2 Å². The molecule has 2 bridgehead atoms. The first-order valence-corrected chi connectivity index (χ1v) is 8.95. The summed E-state index contributed by atoms with van der Waals surface area (Å²) in [6.45, 7) is 7.48. The molecule has 2 saturated heterocycles. The molecule has 1 aliphatic carbocycles. The Morgan fingerprint density at radius 3 is 2.75 bits per heavy atom. The van der Waals surface area contributed by atoms with E-state index in [4.69, 9.17) is 0 Å². The molecule has 4 atom stereocenters. The van der Waals surface area contributed by atoms with Crippen LogP contribution in [0.1, 0.15) is 51.9 Å². The molecule has 3 heteroatoms. The van der Waals surface area contributed by atoms with Crippen LogP contribution in [0.5, 0.6) is 0 Å². The Hall–Kier alpha value is -0.120. The molecule has 2 heterocycles. The second kappa shape index (κ2) is 6.76. The summed E-state index contributed by atoms with van der Waals surface area (Å²) in [4.78, 5) is 5.46. The zero-order valence-corrected chi connectivity index (χ0v) is 13.5. The van der Waals surface area contributed by atoms with Gasteiger partial charge in [-0.2, -0.15) is 0 Å². The molecule has 3 fully saturated rings. The highest BCUT2D eigenvalue weighted by Crippen LogP contribution is 2.31. The van der Waals surface area contributed by atoms with Gasteiger partial charge in [0.2, 0.25) is 0 Å². The number of fused-ring (bicyclic) bond motifs is 2. The summed E-state index contributed by atoms with van der Waals surface area (Å²) >= 11 is 0. The first-order chi connectivity index (χ1) is 9.78. The molecule has 4 unspecified atom stereocenters. The van der Waals surface area contributed by atoms with E-state index in [-0.39, 0.29) is 0 Å². The zero-order chi connectivity index (χ0) is 13.9. The molecule has 20 heavy (non-hydrogen) atoms. The minimum absolute atomic E-state index is 0.799. The SMILES string of the molecule is CCCNC1CCCC1CN1CCC2CCC(C1)N2C. The van der Waals surface area contributed by atoms with E-state index in [1.165, 1.54) is 71.1 Å². The molecule has 2 aliphatic heterocycles. The summed E-state index contributed by atoms with van der Waals surface area (Å²) in [6.07, 6.45) is 9.82. The van der Waals surface area contributed by atoms with Crippen molar-refractivity contribution in [3.63, 3.8) is 0 Å². The van der Waals surface area contributed by atoms with Crippen molar-refractivity contribution in [3.05, 3.63) is 0 Å². The molecule has 0 aromatic carbocycles. The third-order valence-electron chi connectivity index (χ3n) is 6.04. The highest BCUT2D eigenvalue weighted by atomic mass is 15.3. The lowest BCUT2D eigenvalue weighted by Gasteiger charge is -2.30. The maximum atomic E-state index is 3.79. The molecule has 0 radical (unpaired) electrons. The van der Waals surface area contributed by atoms with Gasteiger partial charge in [0.1, 0.15) is 0 Å². The van der Waals surface area contributed by atoms with Gasteiger partial charge in [0.25, 0.3) is 0 Å². The van der Waals surface area contributed by atoms with Crippen LogP contribution < -0.4 is 5.32 Å². The Labute approximate surface area is 125 Å². The quantitative estimate of drug-likeness (QED) is 0.833. The first-order valence-electron chi connectivity index (χ1n) is 8.95. The maximum Gasteiger partial charge on any atom is 0.0223 e. The average Bonchev–Trinajstić information content (AvgIpc) is 2.96. The van der Waals surface area contributed by atoms with E-state index in [2.05, 4.69) is 29.1 Å². The van der Waals surface area contributed by atoms with Gasteiger partial charge in [-0.05, 0) is 64.6 Å². The van der Waals surface area contributed by atoms with Crippen molar-refractivity contribution in [1.82, 2.24) is 15.1 Å². The van der Waals surface area contributed by atoms with Crippen molar-refractivity contribution in [1.29, 1.82) is 0 Å². The molecule has 0 aromatic rings. The average molecular weight is 279 g/mol. The van der Waals surface area contributed by atoms with Crippen LogP contribution in [-0.4, -0.2) is 61.2 Å². The van der Waals surface area contributed by atoms with Crippen molar-refractivity contribution >= 4 is 0 Å². The topological polar surface area (TPSA) is 18.5 Å². The van der Waals surface area contributed by atoms with Gasteiger partial charge in [-0.25, -0.2) is 0 Å². The Morgan fingerprint density at radius 1 is 1.05 bits per heavy atom. The van der Waals surface area contributed by atoms with E-state index < -0.39 is 0 Å². The van der Waals surface area contributed by atoms with Gasteiger partial charge in [0.15, 0.2) is 0 Å². The van der Waals surface area contributed by atoms with Crippen molar-refractivity contribution in [3.8, 4) is 0 Å². The van der Waals surface area contributed by atoms with Gasteiger partial charge >= 0.3 is 0 Å². The molecular formula is C17H33N3. The summed E-state index contributed by atoms with van der Waals surface area (Å²) in [5, 5.41) is 3.79. The number of hydrogen-bond acceptors (Lipinski definition) is 3. The Balaban J connectivity index is 1.52. The van der Waals surface area contributed by atoms with Crippen LogP contribution in [0.4, 0.5) is 0 Å². The monoisotopic (exact) mass is 279 g/mol. The first kappa shape index (κ1) is 14.8. The largest absolute Gasteiger partial charge is 0.314 e. The molecule has 0 aromatic heterocycles. The smallest absolute Gasteiger partial charge is 0.0223 e. The number of rotatable bonds is 5. The molecule has 1 saturated carbocycles. The standard InChI is InChI=1S/C17H33N3/c1-3-10-18-17-6-4-5-14(17)12-20-11-9-15-7-8-16(13-20)19(15)2/h14-18H,3-13H2,1-2H3. The summed E-state index contributed by atoms with van der Waals surface area (Å²) in [6, 6.07) is 2.52. The summed E-state index contributed by atoms with van der Waals surface area (Å²) < 4.78 is 0. The Bertz CT molecular complexity index is 307. The highest BCUT2D eigenvalue weighted by Gasteiger charge is 2.36. The van der Waals surface area contributed by atoms with E-state index >= 15 is 0 Å². The second-order valence-corrected chi connectivity index (χ2v) is 7.35. The van der Waals surface area contributed by atoms with Gasteiger partial charge in [-0.1, -0.05) is 13.3 Å². The molecule has 0 spiro atoms. The van der Waals surface area contributed by atoms with Gasteiger partial charge in [-0.15, -0.1) is 0 Å². The van der Waals surface area contributed by atoms with Crippen LogP contribution in [0.25, 0.3) is 0 Å². The van der Waals surface area contributed by atoms with Gasteiger partial charge in [0, 0.05) is 31.2 Å². The summed E-state index contributed by atoms with van der Waals surface area (Å²) in [5.41, 5.74) is 0. The molecule has 3 aliphatic rings. The lowest BCUT2D eigenvalue weighted by atomic mass is 10.0. The lowest BCUT2D eigenvalue weighted by Crippen LogP contribution is -2.42. The van der Waals surface area contributed by atoms with E-state index in [1.807, 2.05) is 0 Å². The molecular weight excluding hydrogens is 246 g/mol. The molecule has 1 N–H and O–H groups in total. The van der Waals surface area contributed by atoms with Crippen LogP contribution in [0, 0.1) is 5.92 Å². The van der Waals surface area contributed by atoms with Crippen LogP contribution in [0.2, 0.25) is 0 Å². The predicted octanol–water partition coefficient (Wildman–Crippen LogP) is 2.32. The summed E-state index contributed by atoms with van der Waals surface area (Å²) in [5.74, 6) is 0.906. The lowest BCUT2D eigenvalue weighted by molar-refractivity contribution is 0.188. The molecule has 0 amide bonds. The van der Waals surface area contributed by atoms with Crippen LogP contribution in [0.3, 0.4) is 0 Å². The van der Waals surface area contributed by atoms with Crippen molar-refractivity contribution < 1.29 is 0 Å². The third-order valence-corrected chi connectivity index (χ3v) is 6.04. The number of likely N-dealkylation sites (tertiary alicyclic amines) is 1. The fraction of sp³-hybridized carbons (Fsp3) is 1.00. The number of nitrogens with zero attached hydrogens (tertiary/aromatic N) is 2. The van der Waals surface area contributed by atoms with E-state index in [0.717, 1.165) is 24.0 Å². The zero-order valence-electron chi connectivity index (χ0n) is 13.5. The van der Waals surface area contributed by atoms with Crippen LogP contribution in [-0.2, 0) is 0 Å². The van der Waals surface area contributed by atoms with Crippen LogP contribution in [0.15, 0.2) is 0 Å². The molecule has 3 nitrogen and oxygen atoms in total. The van der Waals surface area contributed by atoms with Crippen LogP contribution >= 0.6 is 0 Å². The highest BCUT2D eigenvalue weighted by molar-refractivity contribution is 4.93. The minimum atomic E-state index is 0.799. The van der Waals surface area contributed by atoms with Gasteiger partial charge in [0.05, 0.1) is 0 Å². The maximum absolute atomic E-state index is 3.79. The van der Waals surface area contributed by atoms with Crippen molar-refractivity contribution in [2.75, 3.05) is 33.2 Å². The summed E-state index contributed by atoms with van der Waals surface area (Å²) in [7, 11) is 2.35. The number of hydrogen-bond donors (Lipinski definition) is 1. The number of likely N-dealkylation sites (N-methyl/N-ethyl adjacent to an activating group) is 1. The number of nitrogens with one attached hydrogen (secondary N) is 1. The molecule has 116 valence electrons. The normalized spacial score (nSPS) is 39.3. The molecule has 3 rings (SSSR count). The predicted molar refractivity (Wildman–Crippen MR) is 85.1 cm³/mol. The third kappa shape index (κ3) is 3.20. The van der Waals surface area contributed by atoms with Crippen molar-refractivity contribution in [2.24, 2.45) is 5.92 Å². The Morgan fingerprint density at radius 2 is 1.90 bits per heavy atom. The van der Waals surface area contributed by atoms with E-state index in [9.17, 15) is 0 Å².